The van der Waals surface area contributed by atoms with Gasteiger partial charge in [-0.1, -0.05) is 6.07 Å². The summed E-state index contributed by atoms with van der Waals surface area (Å²) in [6, 6.07) is 4.58. The van der Waals surface area contributed by atoms with Gasteiger partial charge in [-0.2, -0.15) is 5.10 Å². The molecule has 2 fully saturated rings. The van der Waals surface area contributed by atoms with Crippen LogP contribution in [0.15, 0.2) is 18.2 Å². The Labute approximate surface area is 167 Å². The van der Waals surface area contributed by atoms with Gasteiger partial charge in [-0.15, -0.1) is 0 Å². The quantitative estimate of drug-likeness (QED) is 0.788. The van der Waals surface area contributed by atoms with Crippen molar-refractivity contribution in [3.63, 3.8) is 0 Å². The lowest BCUT2D eigenvalue weighted by Crippen LogP contribution is -2.42. The number of amides is 2. The first-order chi connectivity index (χ1) is 14.0. The summed E-state index contributed by atoms with van der Waals surface area (Å²) < 4.78 is 19.0. The second kappa shape index (κ2) is 7.81. The molecule has 29 heavy (non-hydrogen) atoms. The average molecular weight is 402 g/mol. The highest BCUT2D eigenvalue weighted by Crippen LogP contribution is 2.32. The molecule has 9 heteroatoms. The van der Waals surface area contributed by atoms with Crippen molar-refractivity contribution in [2.45, 2.75) is 25.7 Å². The van der Waals surface area contributed by atoms with E-state index < -0.39 is 11.7 Å². The summed E-state index contributed by atoms with van der Waals surface area (Å²) in [5, 5.41) is 7.12. The number of ether oxygens (including phenoxy) is 1. The largest absolute Gasteiger partial charge is 0.469 e. The lowest BCUT2D eigenvalue weighted by Gasteiger charge is -2.33. The first-order valence-electron chi connectivity index (χ1n) is 9.76. The topological polar surface area (TPSA) is 95.6 Å². The van der Waals surface area contributed by atoms with Crippen molar-refractivity contribution in [3.05, 3.63) is 24.0 Å². The van der Waals surface area contributed by atoms with Gasteiger partial charge >= 0.3 is 5.97 Å². The first-order valence-corrected chi connectivity index (χ1v) is 9.76. The minimum atomic E-state index is -0.474. The zero-order valence-electron chi connectivity index (χ0n) is 16.2. The smallest absolute Gasteiger partial charge is 0.305 e. The number of carbonyl (C=O) groups is 3. The van der Waals surface area contributed by atoms with Gasteiger partial charge in [0.2, 0.25) is 11.8 Å². The van der Waals surface area contributed by atoms with Crippen LogP contribution in [-0.2, 0) is 19.1 Å². The molecule has 1 aromatic carbocycles. The van der Waals surface area contributed by atoms with E-state index in [9.17, 15) is 18.8 Å². The van der Waals surface area contributed by atoms with Crippen LogP contribution >= 0.6 is 0 Å². The van der Waals surface area contributed by atoms with E-state index in [-0.39, 0.29) is 47.9 Å². The molecule has 1 N–H and O–H groups in total. The van der Waals surface area contributed by atoms with Crippen LogP contribution < -0.4 is 4.90 Å². The third kappa shape index (κ3) is 3.68. The number of aromatic nitrogens is 2. The van der Waals surface area contributed by atoms with Crippen LogP contribution in [0.5, 0.6) is 0 Å². The summed E-state index contributed by atoms with van der Waals surface area (Å²) in [5.41, 5.74) is 0.509. The fraction of sp³-hybridized carbons (Fsp3) is 0.500. The van der Waals surface area contributed by atoms with Crippen LogP contribution in [0.1, 0.15) is 25.7 Å². The highest BCUT2D eigenvalue weighted by atomic mass is 19.1. The summed E-state index contributed by atoms with van der Waals surface area (Å²) in [4.78, 5) is 40.1. The van der Waals surface area contributed by atoms with Crippen LogP contribution in [0.25, 0.3) is 10.9 Å². The van der Waals surface area contributed by atoms with Gasteiger partial charge in [0.25, 0.3) is 0 Å². The molecular formula is C20H23FN4O4. The number of rotatable bonds is 4. The molecule has 8 nitrogen and oxygen atoms in total. The number of nitrogens with zero attached hydrogens (tertiary/aromatic N) is 3. The SMILES string of the molecule is COC(=O)CC1CCN(C(=O)[C@H]2CC(=O)N(c3n[nH]c4cccc(F)c34)C2)CC1. The fourth-order valence-corrected chi connectivity index (χ4v) is 4.22. The number of hydrogen-bond acceptors (Lipinski definition) is 5. The number of aromatic amines is 1. The van der Waals surface area contributed by atoms with E-state index in [2.05, 4.69) is 10.2 Å². The van der Waals surface area contributed by atoms with Crippen LogP contribution in [0.3, 0.4) is 0 Å². The predicted octanol–water partition coefficient (Wildman–Crippen LogP) is 1.86. The molecule has 2 amide bonds. The molecule has 0 unspecified atom stereocenters. The number of hydrogen-bond donors (Lipinski definition) is 1. The van der Waals surface area contributed by atoms with Crippen molar-refractivity contribution in [1.82, 2.24) is 15.1 Å². The Morgan fingerprint density at radius 3 is 2.79 bits per heavy atom. The van der Waals surface area contributed by atoms with Crippen molar-refractivity contribution in [1.29, 1.82) is 0 Å². The summed E-state index contributed by atoms with van der Waals surface area (Å²) >= 11 is 0. The van der Waals surface area contributed by atoms with Crippen molar-refractivity contribution in [2.24, 2.45) is 11.8 Å². The van der Waals surface area contributed by atoms with Crippen molar-refractivity contribution < 1.29 is 23.5 Å². The lowest BCUT2D eigenvalue weighted by molar-refractivity contribution is -0.142. The number of carbonyl (C=O) groups excluding carboxylic acids is 3. The molecule has 2 aromatic rings. The second-order valence-electron chi connectivity index (χ2n) is 7.66. The average Bonchev–Trinajstić information content (AvgIpc) is 3.32. The molecular weight excluding hydrogens is 379 g/mol. The molecule has 1 aromatic heterocycles. The number of piperidine rings is 1. The van der Waals surface area contributed by atoms with Crippen LogP contribution in [-0.4, -0.2) is 59.6 Å². The third-order valence-corrected chi connectivity index (χ3v) is 5.86. The van der Waals surface area contributed by atoms with Gasteiger partial charge < -0.3 is 9.64 Å². The van der Waals surface area contributed by atoms with Crippen LogP contribution in [0.2, 0.25) is 0 Å². The second-order valence-corrected chi connectivity index (χ2v) is 7.66. The Bertz CT molecular complexity index is 951. The number of fused-ring (bicyclic) bond motifs is 1. The van der Waals surface area contributed by atoms with Gasteiger partial charge in [0.05, 0.1) is 23.9 Å². The highest BCUT2D eigenvalue weighted by molar-refractivity contribution is 6.05. The molecule has 2 aliphatic heterocycles. The Kier molecular flexibility index (Phi) is 5.21. The summed E-state index contributed by atoms with van der Waals surface area (Å²) in [6.45, 7) is 1.31. The van der Waals surface area contributed by atoms with Gasteiger partial charge in [0.15, 0.2) is 5.82 Å². The van der Waals surface area contributed by atoms with Gasteiger partial charge in [-0.05, 0) is 30.9 Å². The van der Waals surface area contributed by atoms with E-state index in [4.69, 9.17) is 4.74 Å². The van der Waals surface area contributed by atoms with Gasteiger partial charge in [-0.3, -0.25) is 24.4 Å². The Hall–Kier alpha value is -2.97. The highest BCUT2D eigenvalue weighted by Gasteiger charge is 2.39. The van der Waals surface area contributed by atoms with E-state index >= 15 is 0 Å². The Morgan fingerprint density at radius 1 is 1.31 bits per heavy atom. The fourth-order valence-electron chi connectivity index (χ4n) is 4.22. The number of nitrogens with one attached hydrogen (secondary N) is 1. The molecule has 0 aliphatic carbocycles. The zero-order valence-corrected chi connectivity index (χ0v) is 16.2. The molecule has 0 spiro atoms. The van der Waals surface area contributed by atoms with Crippen molar-refractivity contribution in [3.8, 4) is 0 Å². The number of H-pyrrole nitrogens is 1. The molecule has 0 saturated carbocycles. The van der Waals surface area contributed by atoms with Crippen LogP contribution in [0.4, 0.5) is 10.2 Å². The molecule has 2 aliphatic rings. The minimum absolute atomic E-state index is 0.0716. The number of benzene rings is 1. The molecule has 154 valence electrons. The zero-order chi connectivity index (χ0) is 20.5. The number of esters is 1. The number of methoxy groups -OCH3 is 1. The minimum Gasteiger partial charge on any atom is -0.469 e. The number of likely N-dealkylation sites (tertiary alicyclic amines) is 1. The normalized spacial score (nSPS) is 20.5. The van der Waals surface area contributed by atoms with E-state index in [0.29, 0.717) is 25.0 Å². The van der Waals surface area contributed by atoms with Gasteiger partial charge in [0.1, 0.15) is 5.82 Å². The molecule has 1 atom stereocenters. The van der Waals surface area contributed by atoms with Crippen molar-refractivity contribution >= 4 is 34.5 Å². The number of halogens is 1. The Balaban J connectivity index is 1.42. The van der Waals surface area contributed by atoms with Gasteiger partial charge in [-0.25, -0.2) is 4.39 Å². The third-order valence-electron chi connectivity index (χ3n) is 5.86. The van der Waals surface area contributed by atoms with E-state index in [1.54, 1.807) is 17.0 Å². The van der Waals surface area contributed by atoms with E-state index in [1.165, 1.54) is 18.1 Å². The van der Waals surface area contributed by atoms with Crippen LogP contribution in [0, 0.1) is 17.7 Å². The lowest BCUT2D eigenvalue weighted by atomic mass is 9.92. The van der Waals surface area contributed by atoms with E-state index in [1.807, 2.05) is 0 Å². The monoisotopic (exact) mass is 402 g/mol. The standard InChI is InChI=1S/C20H23FN4O4/c1-29-17(27)9-12-5-7-24(8-6-12)20(28)13-10-16(26)25(11-13)19-18-14(21)3-2-4-15(18)22-23-19/h2-4,12-13H,5-11H2,1H3,(H,22,23)/t13-/m0/s1. The first kappa shape index (κ1) is 19.4. The van der Waals surface area contributed by atoms with E-state index in [0.717, 1.165) is 12.8 Å². The summed E-state index contributed by atoms with van der Waals surface area (Å²) in [5.74, 6) is -1.02. The van der Waals surface area contributed by atoms with Gasteiger partial charge in [0, 0.05) is 32.5 Å². The molecule has 0 radical (unpaired) electrons. The predicted molar refractivity (Wildman–Crippen MR) is 102 cm³/mol. The maximum Gasteiger partial charge on any atom is 0.305 e. The summed E-state index contributed by atoms with van der Waals surface area (Å²) in [7, 11) is 1.37. The molecule has 0 bridgehead atoms. The molecule has 4 rings (SSSR count). The maximum absolute atomic E-state index is 14.3. The van der Waals surface area contributed by atoms with Crippen molar-refractivity contribution in [2.75, 3.05) is 31.6 Å². The maximum atomic E-state index is 14.3. The Morgan fingerprint density at radius 2 is 2.07 bits per heavy atom. The molecule has 3 heterocycles. The number of anilines is 1. The molecule has 2 saturated heterocycles. The summed E-state index contributed by atoms with van der Waals surface area (Å²) in [6.07, 6.45) is 1.93.